The molecule has 3 aromatic rings. The average Bonchev–Trinajstić information content (AvgIpc) is 2.83. The van der Waals surface area contributed by atoms with Crippen LogP contribution < -0.4 is 5.32 Å². The van der Waals surface area contributed by atoms with Gasteiger partial charge in [0.05, 0.1) is 0 Å². The number of hydrogen-bond acceptors (Lipinski definition) is 2. The summed E-state index contributed by atoms with van der Waals surface area (Å²) in [5.41, 5.74) is 2.81. The fraction of sp³-hybridized carbons (Fsp3) is 0.286. The van der Waals surface area contributed by atoms with Crippen molar-refractivity contribution in [2.45, 2.75) is 39.3 Å². The van der Waals surface area contributed by atoms with Gasteiger partial charge >= 0.3 is 0 Å². The molecule has 0 heterocycles. The molecular weight excluding hydrogens is 432 g/mol. The topological polar surface area (TPSA) is 49.4 Å². The van der Waals surface area contributed by atoms with Crippen LogP contribution in [0.3, 0.4) is 0 Å². The van der Waals surface area contributed by atoms with Crippen molar-refractivity contribution in [1.29, 1.82) is 0 Å². The van der Waals surface area contributed by atoms with Crippen LogP contribution in [0.15, 0.2) is 84.9 Å². The quantitative estimate of drug-likeness (QED) is 0.413. The summed E-state index contributed by atoms with van der Waals surface area (Å²) in [6, 6.07) is 26.1. The molecule has 0 saturated carbocycles. The molecule has 0 saturated heterocycles. The molecule has 5 heteroatoms. The Hall–Kier alpha value is -3.11. The van der Waals surface area contributed by atoms with Crippen molar-refractivity contribution in [3.63, 3.8) is 0 Å². The SMILES string of the molecule is CC(C)CNC(=O)C(c1ccccc1)N(Cc1ccc(Cl)cc1)C(=O)CCc1ccccc1. The van der Waals surface area contributed by atoms with Crippen molar-refractivity contribution in [2.24, 2.45) is 5.92 Å². The second kappa shape index (κ2) is 12.2. The second-order valence-electron chi connectivity index (χ2n) is 8.59. The fourth-order valence-electron chi connectivity index (χ4n) is 3.66. The third-order valence-corrected chi connectivity index (χ3v) is 5.67. The molecule has 3 aromatic carbocycles. The highest BCUT2D eigenvalue weighted by Gasteiger charge is 2.31. The Morgan fingerprint density at radius 2 is 1.45 bits per heavy atom. The van der Waals surface area contributed by atoms with Crippen molar-refractivity contribution in [1.82, 2.24) is 10.2 Å². The molecule has 1 N–H and O–H groups in total. The Balaban J connectivity index is 1.92. The third kappa shape index (κ3) is 7.47. The van der Waals surface area contributed by atoms with Crippen molar-refractivity contribution >= 4 is 23.4 Å². The van der Waals surface area contributed by atoms with Gasteiger partial charge < -0.3 is 10.2 Å². The summed E-state index contributed by atoms with van der Waals surface area (Å²) in [4.78, 5) is 28.6. The van der Waals surface area contributed by atoms with Gasteiger partial charge in [0.15, 0.2) is 0 Å². The zero-order chi connectivity index (χ0) is 23.6. The molecule has 2 amide bonds. The van der Waals surface area contributed by atoms with Crippen LogP contribution in [0.25, 0.3) is 0 Å². The monoisotopic (exact) mass is 462 g/mol. The minimum atomic E-state index is -0.719. The Kier molecular flexibility index (Phi) is 9.08. The van der Waals surface area contributed by atoms with E-state index in [0.29, 0.717) is 36.9 Å². The molecule has 0 aliphatic carbocycles. The molecule has 0 fully saturated rings. The van der Waals surface area contributed by atoms with E-state index in [0.717, 1.165) is 16.7 Å². The van der Waals surface area contributed by atoms with Crippen LogP contribution in [0, 0.1) is 5.92 Å². The van der Waals surface area contributed by atoms with Gasteiger partial charge in [-0.3, -0.25) is 9.59 Å². The Morgan fingerprint density at radius 1 is 0.848 bits per heavy atom. The molecule has 0 bridgehead atoms. The van der Waals surface area contributed by atoms with Gasteiger partial charge in [0, 0.05) is 24.5 Å². The Morgan fingerprint density at radius 3 is 2.06 bits per heavy atom. The largest absolute Gasteiger partial charge is 0.354 e. The van der Waals surface area contributed by atoms with Crippen molar-refractivity contribution in [3.8, 4) is 0 Å². The first-order valence-electron chi connectivity index (χ1n) is 11.3. The van der Waals surface area contributed by atoms with Gasteiger partial charge in [-0.15, -0.1) is 0 Å². The molecule has 0 spiro atoms. The van der Waals surface area contributed by atoms with Crippen LogP contribution in [-0.4, -0.2) is 23.3 Å². The van der Waals surface area contributed by atoms with Gasteiger partial charge in [-0.1, -0.05) is 98.2 Å². The number of halogens is 1. The molecule has 0 radical (unpaired) electrons. The van der Waals surface area contributed by atoms with E-state index in [9.17, 15) is 9.59 Å². The summed E-state index contributed by atoms with van der Waals surface area (Å²) in [5, 5.41) is 3.67. The molecule has 4 nitrogen and oxygen atoms in total. The van der Waals surface area contributed by atoms with Gasteiger partial charge in [-0.25, -0.2) is 0 Å². The van der Waals surface area contributed by atoms with E-state index in [1.807, 2.05) is 86.6 Å². The summed E-state index contributed by atoms with van der Waals surface area (Å²) in [6.45, 7) is 4.97. The lowest BCUT2D eigenvalue weighted by atomic mass is 10.0. The maximum Gasteiger partial charge on any atom is 0.247 e. The van der Waals surface area contributed by atoms with E-state index in [1.165, 1.54) is 0 Å². The number of aryl methyl sites for hydroxylation is 1. The third-order valence-electron chi connectivity index (χ3n) is 5.42. The summed E-state index contributed by atoms with van der Waals surface area (Å²) < 4.78 is 0. The van der Waals surface area contributed by atoms with Crippen molar-refractivity contribution in [2.75, 3.05) is 6.54 Å². The highest BCUT2D eigenvalue weighted by atomic mass is 35.5. The summed E-state index contributed by atoms with van der Waals surface area (Å²) in [6.07, 6.45) is 0.935. The number of amides is 2. The van der Waals surface area contributed by atoms with E-state index >= 15 is 0 Å². The zero-order valence-electron chi connectivity index (χ0n) is 19.2. The van der Waals surface area contributed by atoms with Gasteiger partial charge in [0.2, 0.25) is 11.8 Å². The molecule has 172 valence electrons. The van der Waals surface area contributed by atoms with Gasteiger partial charge in [-0.05, 0) is 41.2 Å². The Labute approximate surface area is 201 Å². The highest BCUT2D eigenvalue weighted by Crippen LogP contribution is 2.25. The molecule has 0 aliphatic rings. The maximum absolute atomic E-state index is 13.6. The number of benzene rings is 3. The normalized spacial score (nSPS) is 11.8. The first-order chi connectivity index (χ1) is 15.9. The van der Waals surface area contributed by atoms with E-state index in [-0.39, 0.29) is 11.8 Å². The number of carbonyl (C=O) groups excluding carboxylic acids is 2. The summed E-state index contributed by atoms with van der Waals surface area (Å²) >= 11 is 6.06. The van der Waals surface area contributed by atoms with E-state index in [2.05, 4.69) is 5.32 Å². The summed E-state index contributed by atoms with van der Waals surface area (Å²) in [7, 11) is 0. The fourth-order valence-corrected chi connectivity index (χ4v) is 3.79. The first kappa shape index (κ1) is 24.5. The van der Waals surface area contributed by atoms with Gasteiger partial charge in [0.25, 0.3) is 0 Å². The number of rotatable bonds is 10. The second-order valence-corrected chi connectivity index (χ2v) is 9.02. The molecule has 1 unspecified atom stereocenters. The van der Waals surface area contributed by atoms with Crippen LogP contribution in [0.5, 0.6) is 0 Å². The predicted octanol–water partition coefficient (Wildman–Crippen LogP) is 5.81. The minimum absolute atomic E-state index is 0.0673. The van der Waals surface area contributed by atoms with Gasteiger partial charge in [0.1, 0.15) is 6.04 Å². The first-order valence-corrected chi connectivity index (χ1v) is 11.7. The lowest BCUT2D eigenvalue weighted by molar-refractivity contribution is -0.141. The van der Waals surface area contributed by atoms with Gasteiger partial charge in [-0.2, -0.15) is 0 Å². The molecule has 1 atom stereocenters. The molecule has 3 rings (SSSR count). The average molecular weight is 463 g/mol. The van der Waals surface area contributed by atoms with E-state index in [4.69, 9.17) is 11.6 Å². The number of hydrogen-bond donors (Lipinski definition) is 1. The molecular formula is C28H31ClN2O2. The number of nitrogens with zero attached hydrogens (tertiary/aromatic N) is 1. The van der Waals surface area contributed by atoms with Crippen molar-refractivity contribution < 1.29 is 9.59 Å². The van der Waals surface area contributed by atoms with Crippen LogP contribution >= 0.6 is 11.6 Å². The van der Waals surface area contributed by atoms with Crippen molar-refractivity contribution in [3.05, 3.63) is 107 Å². The lowest BCUT2D eigenvalue weighted by Crippen LogP contribution is -2.44. The summed E-state index contributed by atoms with van der Waals surface area (Å²) in [5.74, 6) is 0.0724. The smallest absolute Gasteiger partial charge is 0.247 e. The molecule has 0 aromatic heterocycles. The van der Waals surface area contributed by atoms with Crippen LogP contribution in [0.4, 0.5) is 0 Å². The predicted molar refractivity (Wildman–Crippen MR) is 134 cm³/mol. The van der Waals surface area contributed by atoms with Crippen LogP contribution in [0.1, 0.15) is 43.0 Å². The van der Waals surface area contributed by atoms with E-state index < -0.39 is 6.04 Å². The molecule has 0 aliphatic heterocycles. The molecule has 33 heavy (non-hydrogen) atoms. The van der Waals surface area contributed by atoms with Crippen LogP contribution in [0.2, 0.25) is 5.02 Å². The van der Waals surface area contributed by atoms with Crippen LogP contribution in [-0.2, 0) is 22.6 Å². The standard InChI is InChI=1S/C28H31ClN2O2/c1-21(2)19-30-28(33)27(24-11-7-4-8-12-24)31(20-23-13-16-25(29)17-14-23)26(32)18-15-22-9-5-3-6-10-22/h3-14,16-17,21,27H,15,18-20H2,1-2H3,(H,30,33). The maximum atomic E-state index is 13.6. The zero-order valence-corrected chi connectivity index (χ0v) is 20.0. The van der Waals surface area contributed by atoms with E-state index in [1.54, 1.807) is 17.0 Å². The minimum Gasteiger partial charge on any atom is -0.354 e. The number of carbonyl (C=O) groups is 2. The number of nitrogens with one attached hydrogen (secondary N) is 1. The highest BCUT2D eigenvalue weighted by molar-refractivity contribution is 6.30. The lowest BCUT2D eigenvalue weighted by Gasteiger charge is -2.32. The Bertz CT molecular complexity index is 1020.